The number of halogens is 2. The van der Waals surface area contributed by atoms with Gasteiger partial charge in [-0.3, -0.25) is 4.79 Å². The molecule has 2 N–H and O–H groups in total. The second-order valence-corrected chi connectivity index (χ2v) is 12.9. The normalized spacial score (nSPS) is 18.4. The molecule has 0 aromatic heterocycles. The van der Waals surface area contributed by atoms with Crippen LogP contribution < -0.4 is 10.0 Å². The van der Waals surface area contributed by atoms with Gasteiger partial charge in [-0.25, -0.2) is 17.5 Å². The lowest BCUT2D eigenvalue weighted by molar-refractivity contribution is -0.152. The van der Waals surface area contributed by atoms with Gasteiger partial charge in [0, 0.05) is 23.3 Å². The molecular weight excluding hydrogens is 563 g/mol. The highest BCUT2D eigenvalue weighted by Crippen LogP contribution is 2.33. The third-order valence-electron chi connectivity index (χ3n) is 6.60. The van der Waals surface area contributed by atoms with Gasteiger partial charge in [-0.05, 0) is 89.1 Å². The maximum absolute atomic E-state index is 13.3. The van der Waals surface area contributed by atoms with E-state index >= 15 is 0 Å². The third kappa shape index (κ3) is 8.32. The summed E-state index contributed by atoms with van der Waals surface area (Å²) in [5.74, 6) is -0.437. The molecule has 0 saturated carbocycles. The van der Waals surface area contributed by atoms with Crippen LogP contribution in [-0.2, 0) is 19.6 Å². The number of nitrogens with one attached hydrogen (secondary N) is 2. The van der Waals surface area contributed by atoms with Crippen LogP contribution in [0.1, 0.15) is 44.6 Å². The summed E-state index contributed by atoms with van der Waals surface area (Å²) in [4.78, 5) is 15.6. The van der Waals surface area contributed by atoms with Crippen molar-refractivity contribution in [1.29, 1.82) is 5.26 Å². The van der Waals surface area contributed by atoms with E-state index in [1.165, 1.54) is 36.0 Å². The third-order valence-corrected chi connectivity index (χ3v) is 9.38. The van der Waals surface area contributed by atoms with Gasteiger partial charge in [0.2, 0.25) is 0 Å². The highest BCUT2D eigenvalue weighted by Gasteiger charge is 2.41. The first-order chi connectivity index (χ1) is 18.5. The van der Waals surface area contributed by atoms with Crippen molar-refractivity contribution >= 4 is 45.0 Å². The number of carbonyl (C=O) groups is 1. The van der Waals surface area contributed by atoms with Gasteiger partial charge in [-0.2, -0.15) is 5.26 Å². The predicted molar refractivity (Wildman–Crippen MR) is 152 cm³/mol. The summed E-state index contributed by atoms with van der Waals surface area (Å²) >= 11 is 8.05. The van der Waals surface area contributed by atoms with Gasteiger partial charge in [-0.1, -0.05) is 18.5 Å². The molecule has 2 aromatic rings. The molecule has 1 saturated heterocycles. The number of ether oxygens (including phenoxy) is 1. The summed E-state index contributed by atoms with van der Waals surface area (Å²) in [6.07, 6.45) is 3.06. The molecule has 3 rings (SSSR count). The average Bonchev–Trinajstić information content (AvgIpc) is 2.91. The van der Waals surface area contributed by atoms with Crippen molar-refractivity contribution in [2.75, 3.05) is 38.3 Å². The minimum Gasteiger partial charge on any atom is -0.379 e. The minimum atomic E-state index is -4.31. The summed E-state index contributed by atoms with van der Waals surface area (Å²) in [6.45, 7) is 2.92. The quantitative estimate of drug-likeness (QED) is 0.328. The van der Waals surface area contributed by atoms with E-state index in [-0.39, 0.29) is 27.3 Å². The number of nitrogens with zero attached hydrogens (tertiary/aromatic N) is 2. The molecule has 12 heteroatoms. The van der Waals surface area contributed by atoms with Gasteiger partial charge < -0.3 is 15.0 Å². The van der Waals surface area contributed by atoms with E-state index in [2.05, 4.69) is 10.0 Å². The van der Waals surface area contributed by atoms with Gasteiger partial charge in [0.05, 0.1) is 21.2 Å². The van der Waals surface area contributed by atoms with E-state index in [0.717, 1.165) is 24.3 Å². The van der Waals surface area contributed by atoms with Gasteiger partial charge in [0.1, 0.15) is 17.5 Å². The summed E-state index contributed by atoms with van der Waals surface area (Å²) in [5.41, 5.74) is -0.846. The number of hydrogen-bond acceptors (Lipinski definition) is 8. The number of rotatable bonds is 12. The molecule has 8 nitrogen and oxygen atoms in total. The summed E-state index contributed by atoms with van der Waals surface area (Å²) in [6, 6.07) is 10.5. The van der Waals surface area contributed by atoms with Crippen molar-refractivity contribution in [3.8, 4) is 6.07 Å². The first kappa shape index (κ1) is 31.2. The zero-order chi connectivity index (χ0) is 28.6. The summed E-state index contributed by atoms with van der Waals surface area (Å²) in [5, 5.41) is 13.2. The Bertz CT molecular complexity index is 1290. The molecule has 0 spiro atoms. The largest absolute Gasteiger partial charge is 0.379 e. The summed E-state index contributed by atoms with van der Waals surface area (Å²) < 4.78 is 47.4. The van der Waals surface area contributed by atoms with Crippen LogP contribution in [0.3, 0.4) is 0 Å². The number of carbonyl (C=O) groups excluding carboxylic acids is 1. The number of amides is 1. The molecule has 2 aromatic carbocycles. The van der Waals surface area contributed by atoms with Gasteiger partial charge in [0.15, 0.2) is 0 Å². The molecule has 0 radical (unpaired) electrons. The van der Waals surface area contributed by atoms with Crippen LogP contribution in [0.15, 0.2) is 46.2 Å². The first-order valence-electron chi connectivity index (χ1n) is 12.7. The lowest BCUT2D eigenvalue weighted by Gasteiger charge is -2.34. The van der Waals surface area contributed by atoms with E-state index in [1.807, 2.05) is 25.1 Å². The Hall–Kier alpha value is -2.36. The number of thioether (sulfide) groups is 1. The highest BCUT2D eigenvalue weighted by molar-refractivity contribution is 7.99. The van der Waals surface area contributed by atoms with Crippen LogP contribution >= 0.6 is 23.4 Å². The second-order valence-electron chi connectivity index (χ2n) is 9.73. The van der Waals surface area contributed by atoms with Crippen molar-refractivity contribution in [1.82, 2.24) is 9.62 Å². The minimum absolute atomic E-state index is 0.0380. The number of nitriles is 1. The van der Waals surface area contributed by atoms with E-state index in [1.54, 1.807) is 19.1 Å². The SMILES string of the molecule is CC[C@@]1(C(=O)NS(=O)(=O)c2cc(Cl)c(N[C@H](CCN(C)C)CSc3ccc(F)cc3)c(C#N)c2)CCCCO1. The molecule has 0 aliphatic carbocycles. The molecule has 0 bridgehead atoms. The standard InChI is InChI=1S/C27H34ClFN4O4S2/c1-4-27(12-5-6-14-37-27)26(34)32-39(35,36)23-15-19(17-30)25(24(28)16-23)31-21(11-13-33(2)3)18-38-22-9-7-20(29)8-10-22/h7-10,15-16,21,31H,4-6,11-14,18H2,1-3H3,(H,32,34)/t21-,27+/m1/s1. The highest BCUT2D eigenvalue weighted by atomic mass is 35.5. The van der Waals surface area contributed by atoms with Crippen LogP contribution in [0.4, 0.5) is 10.1 Å². The molecule has 1 aliphatic rings. The zero-order valence-corrected chi connectivity index (χ0v) is 24.7. The Labute approximate surface area is 239 Å². The van der Waals surface area contributed by atoms with E-state index in [0.29, 0.717) is 37.3 Å². The Morgan fingerprint density at radius 1 is 1.28 bits per heavy atom. The van der Waals surface area contributed by atoms with Crippen LogP contribution in [0.2, 0.25) is 5.02 Å². The molecule has 2 atom stereocenters. The molecule has 1 aliphatic heterocycles. The molecule has 1 fully saturated rings. The van der Waals surface area contributed by atoms with Crippen LogP contribution in [-0.4, -0.2) is 63.9 Å². The Morgan fingerprint density at radius 3 is 2.59 bits per heavy atom. The van der Waals surface area contributed by atoms with Crippen molar-refractivity contribution in [2.24, 2.45) is 0 Å². The van der Waals surface area contributed by atoms with E-state index in [4.69, 9.17) is 16.3 Å². The number of benzene rings is 2. The van der Waals surface area contributed by atoms with Crippen LogP contribution in [0, 0.1) is 17.1 Å². The molecule has 0 unspecified atom stereocenters. The molecule has 39 heavy (non-hydrogen) atoms. The number of sulfonamides is 1. The smallest absolute Gasteiger partial charge is 0.265 e. The zero-order valence-electron chi connectivity index (χ0n) is 22.3. The molecule has 212 valence electrons. The molecule has 1 heterocycles. The van der Waals surface area contributed by atoms with Crippen LogP contribution in [0.25, 0.3) is 0 Å². The molecule has 1 amide bonds. The fourth-order valence-corrected chi connectivity index (χ4v) is 6.66. The van der Waals surface area contributed by atoms with Gasteiger partial charge in [0.25, 0.3) is 15.9 Å². The Balaban J connectivity index is 1.82. The van der Waals surface area contributed by atoms with Gasteiger partial charge >= 0.3 is 0 Å². The van der Waals surface area contributed by atoms with Gasteiger partial charge in [-0.15, -0.1) is 11.8 Å². The fraction of sp³-hybridized carbons (Fsp3) is 0.481. The predicted octanol–water partition coefficient (Wildman–Crippen LogP) is 5.03. The van der Waals surface area contributed by atoms with Crippen molar-refractivity contribution in [3.63, 3.8) is 0 Å². The maximum Gasteiger partial charge on any atom is 0.265 e. The Morgan fingerprint density at radius 2 is 2.00 bits per heavy atom. The number of hydrogen-bond donors (Lipinski definition) is 2. The van der Waals surface area contributed by atoms with E-state index < -0.39 is 21.5 Å². The topological polar surface area (TPSA) is 112 Å². The average molecular weight is 597 g/mol. The maximum atomic E-state index is 13.3. The fourth-order valence-electron chi connectivity index (χ4n) is 4.26. The lowest BCUT2D eigenvalue weighted by atomic mass is 9.90. The van der Waals surface area contributed by atoms with Crippen molar-refractivity contribution < 1.29 is 22.3 Å². The van der Waals surface area contributed by atoms with Crippen molar-refractivity contribution in [2.45, 2.75) is 60.5 Å². The molecular formula is C27H34ClFN4O4S2. The lowest BCUT2D eigenvalue weighted by Crippen LogP contribution is -2.51. The van der Waals surface area contributed by atoms with E-state index in [9.17, 15) is 22.9 Å². The number of anilines is 1. The van der Waals surface area contributed by atoms with Crippen LogP contribution in [0.5, 0.6) is 0 Å². The second kappa shape index (κ2) is 13.8. The monoisotopic (exact) mass is 596 g/mol. The summed E-state index contributed by atoms with van der Waals surface area (Å²) in [7, 11) is -0.410. The van der Waals surface area contributed by atoms with Crippen molar-refractivity contribution in [3.05, 3.63) is 52.8 Å². The first-order valence-corrected chi connectivity index (χ1v) is 15.6. The Kier molecular flexibility index (Phi) is 11.0.